The molecule has 1 aliphatic heterocycles. The maximum absolute atomic E-state index is 12.5. The zero-order valence-corrected chi connectivity index (χ0v) is 14.3. The van der Waals surface area contributed by atoms with Gasteiger partial charge in [0.05, 0.1) is 17.7 Å². The molecule has 0 bridgehead atoms. The number of nitro groups is 1. The summed E-state index contributed by atoms with van der Waals surface area (Å²) in [5, 5.41) is 10.9. The third-order valence-electron chi connectivity index (χ3n) is 4.43. The van der Waals surface area contributed by atoms with Gasteiger partial charge in [0.25, 0.3) is 5.69 Å². The molecule has 1 amide bonds. The fourth-order valence-electron chi connectivity index (χ4n) is 3.04. The molecule has 0 fully saturated rings. The van der Waals surface area contributed by atoms with E-state index in [0.717, 1.165) is 5.56 Å². The summed E-state index contributed by atoms with van der Waals surface area (Å²) in [7, 11) is 1.52. The summed E-state index contributed by atoms with van der Waals surface area (Å²) in [6.07, 6.45) is 0.786. The molecule has 2 aromatic rings. The van der Waals surface area contributed by atoms with Gasteiger partial charge < -0.3 is 9.64 Å². The molecular weight excluding hydrogens is 336 g/mol. The maximum Gasteiger partial charge on any atom is 0.271 e. The van der Waals surface area contributed by atoms with Crippen LogP contribution in [0.3, 0.4) is 0 Å². The molecule has 1 heterocycles. The molecule has 1 aliphatic rings. The number of Topliss-reactive ketones (excluding diaryl/α,β-unsaturated/α-hetero) is 1. The van der Waals surface area contributed by atoms with E-state index in [2.05, 4.69) is 0 Å². The Morgan fingerprint density at radius 3 is 2.73 bits per heavy atom. The van der Waals surface area contributed by atoms with E-state index in [9.17, 15) is 19.7 Å². The van der Waals surface area contributed by atoms with Gasteiger partial charge in [-0.15, -0.1) is 0 Å². The Bertz CT molecular complexity index is 878. The average Bonchev–Trinajstić information content (AvgIpc) is 3.09. The highest BCUT2D eigenvalue weighted by Crippen LogP contribution is 2.32. The Balaban J connectivity index is 1.67. The number of ketones is 1. The van der Waals surface area contributed by atoms with E-state index in [4.69, 9.17) is 4.74 Å². The fourth-order valence-corrected chi connectivity index (χ4v) is 3.04. The quantitative estimate of drug-likeness (QED) is 0.451. The van der Waals surface area contributed by atoms with Crippen molar-refractivity contribution in [3.8, 4) is 5.75 Å². The van der Waals surface area contributed by atoms with Gasteiger partial charge in [0, 0.05) is 37.1 Å². The highest BCUT2D eigenvalue weighted by atomic mass is 16.6. The van der Waals surface area contributed by atoms with Crippen LogP contribution in [0.25, 0.3) is 0 Å². The number of ether oxygens (including phenoxy) is 1. The van der Waals surface area contributed by atoms with Crippen molar-refractivity contribution >= 4 is 23.1 Å². The first-order chi connectivity index (χ1) is 12.5. The van der Waals surface area contributed by atoms with Crippen LogP contribution in [-0.2, 0) is 11.2 Å². The number of carbonyl (C=O) groups is 2. The van der Waals surface area contributed by atoms with Crippen molar-refractivity contribution < 1.29 is 19.2 Å². The lowest BCUT2D eigenvalue weighted by molar-refractivity contribution is -0.384. The molecule has 0 atom stereocenters. The van der Waals surface area contributed by atoms with Gasteiger partial charge in [-0.25, -0.2) is 0 Å². The minimum absolute atomic E-state index is 0.0455. The number of anilines is 1. The zero-order valence-electron chi connectivity index (χ0n) is 14.3. The van der Waals surface area contributed by atoms with E-state index in [1.54, 1.807) is 30.3 Å². The molecule has 0 radical (unpaired) electrons. The first kappa shape index (κ1) is 17.6. The molecule has 0 unspecified atom stereocenters. The summed E-state index contributed by atoms with van der Waals surface area (Å²) in [5.41, 5.74) is 1.92. The van der Waals surface area contributed by atoms with Crippen LogP contribution in [0.15, 0.2) is 42.5 Å². The third-order valence-corrected chi connectivity index (χ3v) is 4.43. The normalized spacial score (nSPS) is 12.6. The predicted molar refractivity (Wildman–Crippen MR) is 95.7 cm³/mol. The average molecular weight is 354 g/mol. The molecule has 0 N–H and O–H groups in total. The van der Waals surface area contributed by atoms with Gasteiger partial charge in [-0.05, 0) is 24.1 Å². The molecule has 134 valence electrons. The van der Waals surface area contributed by atoms with Gasteiger partial charge in [0.15, 0.2) is 5.78 Å². The Morgan fingerprint density at radius 1 is 1.19 bits per heavy atom. The first-order valence-corrected chi connectivity index (χ1v) is 8.24. The lowest BCUT2D eigenvalue weighted by Crippen LogP contribution is -2.29. The number of methoxy groups -OCH3 is 1. The number of amides is 1. The van der Waals surface area contributed by atoms with Crippen molar-refractivity contribution in [2.24, 2.45) is 0 Å². The van der Waals surface area contributed by atoms with Crippen LogP contribution in [0.5, 0.6) is 5.75 Å². The van der Waals surface area contributed by atoms with E-state index < -0.39 is 4.92 Å². The summed E-state index contributed by atoms with van der Waals surface area (Å²) in [5.74, 6) is 0.235. The van der Waals surface area contributed by atoms with Crippen LogP contribution in [-0.4, -0.2) is 30.3 Å². The topological polar surface area (TPSA) is 89.8 Å². The molecule has 2 aromatic carbocycles. The van der Waals surface area contributed by atoms with E-state index >= 15 is 0 Å². The van der Waals surface area contributed by atoms with Crippen LogP contribution in [0.1, 0.15) is 28.8 Å². The van der Waals surface area contributed by atoms with Gasteiger partial charge in [0.1, 0.15) is 5.75 Å². The van der Waals surface area contributed by atoms with Gasteiger partial charge in [-0.2, -0.15) is 0 Å². The van der Waals surface area contributed by atoms with Gasteiger partial charge in [0.2, 0.25) is 5.91 Å². The number of nitro benzene ring substituents is 1. The molecule has 0 aromatic heterocycles. The first-order valence-electron chi connectivity index (χ1n) is 8.24. The molecule has 7 heteroatoms. The number of fused-ring (bicyclic) bond motifs is 1. The van der Waals surface area contributed by atoms with Crippen molar-refractivity contribution in [2.45, 2.75) is 19.3 Å². The number of non-ortho nitro benzene ring substituents is 1. The van der Waals surface area contributed by atoms with Crippen molar-refractivity contribution in [3.63, 3.8) is 0 Å². The lowest BCUT2D eigenvalue weighted by atomic mass is 10.1. The molecule has 7 nitrogen and oxygen atoms in total. The predicted octanol–water partition coefficient (Wildman–Crippen LogP) is 3.16. The van der Waals surface area contributed by atoms with E-state index in [1.807, 2.05) is 0 Å². The molecule has 0 saturated carbocycles. The second-order valence-electron chi connectivity index (χ2n) is 6.02. The zero-order chi connectivity index (χ0) is 18.7. The van der Waals surface area contributed by atoms with Crippen molar-refractivity contribution in [1.82, 2.24) is 0 Å². The second kappa shape index (κ2) is 7.35. The van der Waals surface area contributed by atoms with E-state index in [0.29, 0.717) is 30.0 Å². The van der Waals surface area contributed by atoms with Crippen molar-refractivity contribution in [3.05, 3.63) is 63.7 Å². The van der Waals surface area contributed by atoms with Crippen LogP contribution >= 0.6 is 0 Å². The lowest BCUT2D eigenvalue weighted by Gasteiger charge is -2.17. The standard InChI is InChI=1S/C19H18N2O5/c1-26-16-4-2-3-14(11-16)18(22)7-8-19(23)20-10-9-13-5-6-15(21(24)25)12-17(13)20/h2-6,11-12H,7-10H2,1H3. The summed E-state index contributed by atoms with van der Waals surface area (Å²) in [6.45, 7) is 0.475. The minimum atomic E-state index is -0.479. The summed E-state index contributed by atoms with van der Waals surface area (Å²) >= 11 is 0. The molecule has 3 rings (SSSR count). The van der Waals surface area contributed by atoms with Crippen LogP contribution < -0.4 is 9.64 Å². The molecule has 0 aliphatic carbocycles. The summed E-state index contributed by atoms with van der Waals surface area (Å²) in [6, 6.07) is 11.3. The van der Waals surface area contributed by atoms with E-state index in [-0.39, 0.29) is 30.2 Å². The van der Waals surface area contributed by atoms with Crippen molar-refractivity contribution in [2.75, 3.05) is 18.6 Å². The van der Waals surface area contributed by atoms with Gasteiger partial charge in [-0.3, -0.25) is 19.7 Å². The Morgan fingerprint density at radius 2 is 2.00 bits per heavy atom. The van der Waals surface area contributed by atoms with Crippen LogP contribution in [0.4, 0.5) is 11.4 Å². The van der Waals surface area contributed by atoms with Crippen LogP contribution in [0.2, 0.25) is 0 Å². The van der Waals surface area contributed by atoms with Gasteiger partial charge in [-0.1, -0.05) is 18.2 Å². The largest absolute Gasteiger partial charge is 0.497 e. The number of benzene rings is 2. The van der Waals surface area contributed by atoms with Crippen LogP contribution in [0, 0.1) is 10.1 Å². The fraction of sp³-hybridized carbons (Fsp3) is 0.263. The summed E-state index contributed by atoms with van der Waals surface area (Å²) < 4.78 is 5.10. The number of hydrogen-bond donors (Lipinski definition) is 0. The highest BCUT2D eigenvalue weighted by molar-refractivity contribution is 6.01. The molecule has 26 heavy (non-hydrogen) atoms. The Labute approximate surface area is 150 Å². The summed E-state index contributed by atoms with van der Waals surface area (Å²) in [4.78, 5) is 36.8. The second-order valence-corrected chi connectivity index (χ2v) is 6.02. The Hall–Kier alpha value is -3.22. The monoisotopic (exact) mass is 354 g/mol. The maximum atomic E-state index is 12.5. The van der Waals surface area contributed by atoms with E-state index in [1.165, 1.54) is 24.1 Å². The third kappa shape index (κ3) is 3.56. The van der Waals surface area contributed by atoms with Gasteiger partial charge >= 0.3 is 0 Å². The molecule has 0 spiro atoms. The molecule has 0 saturated heterocycles. The SMILES string of the molecule is COc1cccc(C(=O)CCC(=O)N2CCc3ccc([N+](=O)[O-])cc32)c1. The molecular formula is C19H18N2O5. The highest BCUT2D eigenvalue weighted by Gasteiger charge is 2.27. The smallest absolute Gasteiger partial charge is 0.271 e. The Kier molecular flexibility index (Phi) is 4.97. The minimum Gasteiger partial charge on any atom is -0.497 e. The number of rotatable bonds is 6. The number of nitrogens with zero attached hydrogens (tertiary/aromatic N) is 2. The van der Waals surface area contributed by atoms with Crippen molar-refractivity contribution in [1.29, 1.82) is 0 Å². The number of carbonyl (C=O) groups excluding carboxylic acids is 2. The number of hydrogen-bond acceptors (Lipinski definition) is 5.